The van der Waals surface area contributed by atoms with Crippen LogP contribution in [0.3, 0.4) is 0 Å². The smallest absolute Gasteiger partial charge is 0.0544 e. The van der Waals surface area contributed by atoms with E-state index in [0.29, 0.717) is 5.41 Å². The van der Waals surface area contributed by atoms with Crippen molar-refractivity contribution in [3.8, 4) is 0 Å². The number of aryl methyl sites for hydroxylation is 1. The Morgan fingerprint density at radius 3 is 2.61 bits per heavy atom. The van der Waals surface area contributed by atoms with Crippen LogP contribution in [0.5, 0.6) is 0 Å². The maximum absolute atomic E-state index is 6.13. The van der Waals surface area contributed by atoms with Gasteiger partial charge in [0.1, 0.15) is 0 Å². The number of thiophene rings is 1. The molecule has 0 fully saturated rings. The van der Waals surface area contributed by atoms with E-state index in [-0.39, 0.29) is 0 Å². The normalized spacial score (nSPS) is 12.3. The summed E-state index contributed by atoms with van der Waals surface area (Å²) in [5.41, 5.74) is 0.386. The van der Waals surface area contributed by atoms with Crippen LogP contribution in [0.15, 0.2) is 11.4 Å². The highest BCUT2D eigenvalue weighted by Crippen LogP contribution is 2.30. The molecule has 0 aromatic carbocycles. The Morgan fingerprint density at radius 2 is 2.06 bits per heavy atom. The van der Waals surface area contributed by atoms with Gasteiger partial charge in [-0.05, 0) is 55.1 Å². The van der Waals surface area contributed by atoms with E-state index in [1.54, 1.807) is 11.3 Å². The summed E-state index contributed by atoms with van der Waals surface area (Å²) < 4.78 is 0. The summed E-state index contributed by atoms with van der Waals surface area (Å²) in [7, 11) is 0. The van der Waals surface area contributed by atoms with Crippen molar-refractivity contribution in [2.75, 3.05) is 13.1 Å². The van der Waals surface area contributed by atoms with Gasteiger partial charge in [-0.1, -0.05) is 39.3 Å². The molecule has 1 N–H and O–H groups in total. The first kappa shape index (κ1) is 16.0. The molecule has 0 saturated heterocycles. The lowest BCUT2D eigenvalue weighted by atomic mass is 9.84. The maximum Gasteiger partial charge on any atom is 0.0544 e. The van der Waals surface area contributed by atoms with E-state index in [4.69, 9.17) is 11.6 Å². The second-order valence-electron chi connectivity index (χ2n) is 6.20. The van der Waals surface area contributed by atoms with Gasteiger partial charge in [-0.25, -0.2) is 0 Å². The first-order valence-electron chi connectivity index (χ1n) is 6.83. The summed E-state index contributed by atoms with van der Waals surface area (Å²) >= 11 is 7.90. The Balaban J connectivity index is 2.25. The largest absolute Gasteiger partial charge is 0.316 e. The molecule has 104 valence electrons. The second-order valence-corrected chi connectivity index (χ2v) is 7.61. The molecule has 0 unspecified atom stereocenters. The molecule has 0 saturated carbocycles. The van der Waals surface area contributed by atoms with Gasteiger partial charge in [-0.3, -0.25) is 0 Å². The fourth-order valence-electron chi connectivity index (χ4n) is 1.90. The Bertz CT molecular complexity index is 344. The van der Waals surface area contributed by atoms with Gasteiger partial charge in [0.25, 0.3) is 0 Å². The van der Waals surface area contributed by atoms with Gasteiger partial charge < -0.3 is 5.32 Å². The first-order valence-corrected chi connectivity index (χ1v) is 8.09. The van der Waals surface area contributed by atoms with E-state index in [2.05, 4.69) is 38.4 Å². The molecule has 0 spiro atoms. The summed E-state index contributed by atoms with van der Waals surface area (Å²) in [5, 5.41) is 6.54. The lowest BCUT2D eigenvalue weighted by Gasteiger charge is -2.25. The predicted octanol–water partition coefficient (Wildman–Crippen LogP) is 5.00. The summed E-state index contributed by atoms with van der Waals surface area (Å²) in [6.45, 7) is 11.4. The molecule has 1 heterocycles. The van der Waals surface area contributed by atoms with E-state index in [9.17, 15) is 0 Å². The van der Waals surface area contributed by atoms with Gasteiger partial charge in [0.2, 0.25) is 0 Å². The standard InChI is InChI=1S/C15H26ClNS/c1-12(2)11-17-9-8-15(3,4)7-5-14-13(16)6-10-18-14/h6,10,12,17H,5,7-9,11H2,1-4H3. The van der Waals surface area contributed by atoms with E-state index in [1.165, 1.54) is 17.7 Å². The molecule has 0 atom stereocenters. The van der Waals surface area contributed by atoms with Crippen molar-refractivity contribution < 1.29 is 0 Å². The van der Waals surface area contributed by atoms with Crippen molar-refractivity contribution in [3.05, 3.63) is 21.3 Å². The highest BCUT2D eigenvalue weighted by molar-refractivity contribution is 7.10. The zero-order valence-corrected chi connectivity index (χ0v) is 13.6. The van der Waals surface area contributed by atoms with Gasteiger partial charge in [-0.15, -0.1) is 11.3 Å². The molecule has 0 aliphatic rings. The van der Waals surface area contributed by atoms with Crippen molar-refractivity contribution in [1.82, 2.24) is 5.32 Å². The van der Waals surface area contributed by atoms with Crippen LogP contribution in [-0.4, -0.2) is 13.1 Å². The lowest BCUT2D eigenvalue weighted by Crippen LogP contribution is -2.25. The molecule has 1 aromatic heterocycles. The van der Waals surface area contributed by atoms with Crippen molar-refractivity contribution in [2.45, 2.75) is 47.0 Å². The highest BCUT2D eigenvalue weighted by Gasteiger charge is 2.18. The van der Waals surface area contributed by atoms with Crippen LogP contribution in [-0.2, 0) is 6.42 Å². The minimum Gasteiger partial charge on any atom is -0.316 e. The van der Waals surface area contributed by atoms with Crippen LogP contribution in [0, 0.1) is 11.3 Å². The number of halogens is 1. The van der Waals surface area contributed by atoms with Crippen LogP contribution < -0.4 is 5.32 Å². The fraction of sp³-hybridized carbons (Fsp3) is 0.733. The van der Waals surface area contributed by atoms with Gasteiger partial charge in [-0.2, -0.15) is 0 Å². The molecular formula is C15H26ClNS. The molecule has 1 aromatic rings. The Morgan fingerprint density at radius 1 is 1.33 bits per heavy atom. The van der Waals surface area contributed by atoms with Crippen LogP contribution in [0.4, 0.5) is 0 Å². The quantitative estimate of drug-likeness (QED) is 0.664. The van der Waals surface area contributed by atoms with Crippen LogP contribution >= 0.6 is 22.9 Å². The molecule has 18 heavy (non-hydrogen) atoms. The third-order valence-electron chi connectivity index (χ3n) is 3.25. The summed E-state index contributed by atoms with van der Waals surface area (Å²) in [6, 6.07) is 2.00. The molecule has 0 aliphatic carbocycles. The Kier molecular flexibility index (Phi) is 6.68. The van der Waals surface area contributed by atoms with E-state index < -0.39 is 0 Å². The zero-order chi connectivity index (χ0) is 13.6. The number of hydrogen-bond acceptors (Lipinski definition) is 2. The molecule has 0 bridgehead atoms. The first-order chi connectivity index (χ1) is 8.41. The average molecular weight is 288 g/mol. The van der Waals surface area contributed by atoms with Crippen molar-refractivity contribution in [2.24, 2.45) is 11.3 Å². The summed E-state index contributed by atoms with van der Waals surface area (Å²) in [4.78, 5) is 1.33. The monoisotopic (exact) mass is 287 g/mol. The number of rotatable bonds is 8. The molecule has 0 aliphatic heterocycles. The molecular weight excluding hydrogens is 262 g/mol. The predicted molar refractivity (Wildman–Crippen MR) is 83.8 cm³/mol. The Labute approximate surface area is 121 Å². The van der Waals surface area contributed by atoms with Crippen molar-refractivity contribution >= 4 is 22.9 Å². The SMILES string of the molecule is CC(C)CNCCC(C)(C)CCc1sccc1Cl. The lowest BCUT2D eigenvalue weighted by molar-refractivity contribution is 0.301. The van der Waals surface area contributed by atoms with Gasteiger partial charge in [0, 0.05) is 4.88 Å². The topological polar surface area (TPSA) is 12.0 Å². The maximum atomic E-state index is 6.13. The van der Waals surface area contributed by atoms with Gasteiger partial charge >= 0.3 is 0 Å². The highest BCUT2D eigenvalue weighted by atomic mass is 35.5. The average Bonchev–Trinajstić information content (AvgIpc) is 2.68. The summed E-state index contributed by atoms with van der Waals surface area (Å²) in [6.07, 6.45) is 3.53. The van der Waals surface area contributed by atoms with E-state index in [0.717, 1.165) is 30.5 Å². The molecule has 3 heteroatoms. The van der Waals surface area contributed by atoms with Crippen LogP contribution in [0.25, 0.3) is 0 Å². The minimum atomic E-state index is 0.386. The van der Waals surface area contributed by atoms with E-state index >= 15 is 0 Å². The van der Waals surface area contributed by atoms with Crippen molar-refractivity contribution in [1.29, 1.82) is 0 Å². The van der Waals surface area contributed by atoms with Gasteiger partial charge in [0.15, 0.2) is 0 Å². The summed E-state index contributed by atoms with van der Waals surface area (Å²) in [5.74, 6) is 0.734. The number of hydrogen-bond donors (Lipinski definition) is 1. The zero-order valence-electron chi connectivity index (χ0n) is 12.1. The minimum absolute atomic E-state index is 0.386. The van der Waals surface area contributed by atoms with Gasteiger partial charge in [0.05, 0.1) is 5.02 Å². The second kappa shape index (κ2) is 7.52. The fourth-order valence-corrected chi connectivity index (χ4v) is 3.03. The third-order valence-corrected chi connectivity index (χ3v) is 4.70. The van der Waals surface area contributed by atoms with E-state index in [1.807, 2.05) is 6.07 Å². The molecule has 0 radical (unpaired) electrons. The Hall–Kier alpha value is -0.0500. The van der Waals surface area contributed by atoms with Crippen LogP contribution in [0.1, 0.15) is 45.4 Å². The molecule has 0 amide bonds. The molecule has 1 rings (SSSR count). The molecule has 1 nitrogen and oxygen atoms in total. The van der Waals surface area contributed by atoms with Crippen molar-refractivity contribution in [3.63, 3.8) is 0 Å². The van der Waals surface area contributed by atoms with Crippen LogP contribution in [0.2, 0.25) is 5.02 Å². The third kappa shape index (κ3) is 6.21. The number of nitrogens with one attached hydrogen (secondary N) is 1.